The van der Waals surface area contributed by atoms with Crippen LogP contribution in [0.5, 0.6) is 0 Å². The summed E-state index contributed by atoms with van der Waals surface area (Å²) in [5, 5.41) is 9.02. The Bertz CT molecular complexity index is 618. The topological polar surface area (TPSA) is 99.3 Å². The summed E-state index contributed by atoms with van der Waals surface area (Å²) in [7, 11) is -3.74. The van der Waals surface area contributed by atoms with Gasteiger partial charge < -0.3 is 10.1 Å². The van der Waals surface area contributed by atoms with E-state index in [4.69, 9.17) is 5.11 Å². The van der Waals surface area contributed by atoms with Crippen LogP contribution in [0.2, 0.25) is 0 Å². The predicted octanol–water partition coefficient (Wildman–Crippen LogP) is 1.75. The van der Waals surface area contributed by atoms with E-state index in [1.54, 1.807) is 18.7 Å². The number of carboxylic acid groups (broad SMARTS) is 1. The van der Waals surface area contributed by atoms with Gasteiger partial charge in [-0.2, -0.15) is 11.8 Å². The van der Waals surface area contributed by atoms with Gasteiger partial charge in [-0.3, -0.25) is 0 Å². The number of aromatic carboxylic acids is 1. The summed E-state index contributed by atoms with van der Waals surface area (Å²) in [5.74, 6) is -1.17. The molecule has 0 radical (unpaired) electrons. The zero-order valence-corrected chi connectivity index (χ0v) is 13.8. The average molecular weight is 320 g/mol. The van der Waals surface area contributed by atoms with Crippen LogP contribution in [0.1, 0.15) is 35.6 Å². The number of nitrogens with one attached hydrogen (secondary N) is 2. The highest BCUT2D eigenvalue weighted by molar-refractivity contribution is 8.00. The minimum Gasteiger partial charge on any atom is -0.477 e. The summed E-state index contributed by atoms with van der Waals surface area (Å²) in [6.07, 6.45) is 1.91. The van der Waals surface area contributed by atoms with Crippen molar-refractivity contribution in [1.82, 2.24) is 9.71 Å². The molecule has 6 nitrogen and oxygen atoms in total. The van der Waals surface area contributed by atoms with Gasteiger partial charge in [-0.1, -0.05) is 0 Å². The van der Waals surface area contributed by atoms with E-state index in [-0.39, 0.29) is 27.4 Å². The Balaban J connectivity index is 3.14. The zero-order chi connectivity index (χ0) is 15.7. The van der Waals surface area contributed by atoms with Crippen molar-refractivity contribution >= 4 is 27.8 Å². The fraction of sp³-hybridized carbons (Fsp3) is 0.583. The highest BCUT2D eigenvalue weighted by Crippen LogP contribution is 2.25. The Kier molecular flexibility index (Phi) is 4.94. The van der Waals surface area contributed by atoms with E-state index < -0.39 is 16.0 Å². The number of rotatable bonds is 6. The van der Waals surface area contributed by atoms with Crippen molar-refractivity contribution in [2.24, 2.45) is 0 Å². The first-order valence-corrected chi connectivity index (χ1v) is 8.70. The molecule has 0 aliphatic heterocycles. The Morgan fingerprint density at radius 3 is 2.35 bits per heavy atom. The Morgan fingerprint density at radius 1 is 1.40 bits per heavy atom. The lowest BCUT2D eigenvalue weighted by Gasteiger charge is -2.22. The second-order valence-corrected chi connectivity index (χ2v) is 8.39. The van der Waals surface area contributed by atoms with E-state index in [9.17, 15) is 13.2 Å². The quantitative estimate of drug-likeness (QED) is 0.741. The predicted molar refractivity (Wildman–Crippen MR) is 80.0 cm³/mol. The lowest BCUT2D eigenvalue weighted by atomic mass is 10.2. The first-order chi connectivity index (χ1) is 9.02. The second kappa shape index (κ2) is 5.79. The lowest BCUT2D eigenvalue weighted by molar-refractivity contribution is 0.0690. The molecule has 3 N–H and O–H groups in total. The zero-order valence-electron chi connectivity index (χ0n) is 12.2. The van der Waals surface area contributed by atoms with E-state index in [0.717, 1.165) is 0 Å². The van der Waals surface area contributed by atoms with Crippen molar-refractivity contribution in [2.75, 3.05) is 12.8 Å². The number of aromatic nitrogens is 1. The SMILES string of the molecule is CSC(C)(C)CNS(=O)(=O)c1c(C)[nH]c(C(=O)O)c1C. The Hall–Kier alpha value is -0.990. The molecule has 0 fully saturated rings. The first-order valence-electron chi connectivity index (χ1n) is 5.99. The number of hydrogen-bond acceptors (Lipinski definition) is 4. The van der Waals surface area contributed by atoms with Crippen LogP contribution in [0, 0.1) is 13.8 Å². The van der Waals surface area contributed by atoms with E-state index in [1.807, 2.05) is 20.1 Å². The molecule has 0 spiro atoms. The van der Waals surface area contributed by atoms with Gasteiger partial charge in [0.1, 0.15) is 10.6 Å². The Morgan fingerprint density at radius 2 is 1.95 bits per heavy atom. The number of carboxylic acids is 1. The normalized spacial score (nSPS) is 12.7. The molecule has 1 heterocycles. The molecule has 114 valence electrons. The van der Waals surface area contributed by atoms with Crippen LogP contribution in [0.4, 0.5) is 0 Å². The van der Waals surface area contributed by atoms with Gasteiger partial charge >= 0.3 is 5.97 Å². The number of aromatic amines is 1. The summed E-state index contributed by atoms with van der Waals surface area (Å²) in [4.78, 5) is 13.7. The van der Waals surface area contributed by atoms with E-state index in [0.29, 0.717) is 5.69 Å². The van der Waals surface area contributed by atoms with Crippen molar-refractivity contribution in [3.05, 3.63) is 17.0 Å². The molecule has 8 heteroatoms. The minimum absolute atomic E-state index is 0.0202. The largest absolute Gasteiger partial charge is 0.477 e. The fourth-order valence-electron chi connectivity index (χ4n) is 1.76. The molecule has 0 atom stereocenters. The van der Waals surface area contributed by atoms with E-state index in [1.165, 1.54) is 6.92 Å². The molecule has 0 amide bonds. The van der Waals surface area contributed by atoms with Gasteiger partial charge in [-0.25, -0.2) is 17.9 Å². The van der Waals surface area contributed by atoms with Crippen LogP contribution < -0.4 is 4.72 Å². The maximum Gasteiger partial charge on any atom is 0.352 e. The molecule has 1 rings (SSSR count). The number of H-pyrrole nitrogens is 1. The number of carbonyl (C=O) groups is 1. The minimum atomic E-state index is -3.74. The lowest BCUT2D eigenvalue weighted by Crippen LogP contribution is -2.36. The third kappa shape index (κ3) is 3.56. The standard InChI is InChI=1S/C12H20N2O4S2/c1-7-9(11(15)16)14-8(2)10(7)20(17,18)13-6-12(3,4)19-5/h13-14H,6H2,1-5H3,(H,15,16). The maximum atomic E-state index is 12.3. The summed E-state index contributed by atoms with van der Waals surface area (Å²) >= 11 is 1.55. The molecule has 0 aliphatic rings. The molecule has 0 saturated heterocycles. The van der Waals surface area contributed by atoms with Crippen LogP contribution in [0.25, 0.3) is 0 Å². The van der Waals surface area contributed by atoms with Crippen molar-refractivity contribution in [3.8, 4) is 0 Å². The van der Waals surface area contributed by atoms with Crippen molar-refractivity contribution in [3.63, 3.8) is 0 Å². The maximum absolute atomic E-state index is 12.3. The number of thioether (sulfide) groups is 1. The fourth-order valence-corrected chi connectivity index (χ4v) is 3.73. The molecule has 1 aromatic heterocycles. The summed E-state index contributed by atoms with van der Waals surface area (Å²) in [6.45, 7) is 7.16. The van der Waals surface area contributed by atoms with Gasteiger partial charge in [0.05, 0.1) is 0 Å². The average Bonchev–Trinajstić information content (AvgIpc) is 2.63. The van der Waals surface area contributed by atoms with Gasteiger partial charge in [-0.05, 0) is 34.0 Å². The molecular formula is C12H20N2O4S2. The van der Waals surface area contributed by atoms with Crippen LogP contribution in [0.3, 0.4) is 0 Å². The number of hydrogen-bond donors (Lipinski definition) is 3. The van der Waals surface area contributed by atoms with Gasteiger partial charge in [-0.15, -0.1) is 0 Å². The van der Waals surface area contributed by atoms with E-state index >= 15 is 0 Å². The van der Waals surface area contributed by atoms with Gasteiger partial charge in [0.15, 0.2) is 0 Å². The highest BCUT2D eigenvalue weighted by Gasteiger charge is 2.28. The van der Waals surface area contributed by atoms with Gasteiger partial charge in [0, 0.05) is 22.5 Å². The third-order valence-electron chi connectivity index (χ3n) is 3.09. The molecule has 0 saturated carbocycles. The highest BCUT2D eigenvalue weighted by atomic mass is 32.2. The molecule has 0 aromatic carbocycles. The van der Waals surface area contributed by atoms with E-state index in [2.05, 4.69) is 9.71 Å². The van der Waals surface area contributed by atoms with Crippen LogP contribution >= 0.6 is 11.8 Å². The van der Waals surface area contributed by atoms with Crippen LogP contribution in [-0.2, 0) is 10.0 Å². The molecule has 0 aliphatic carbocycles. The van der Waals surface area contributed by atoms with Gasteiger partial charge in [0.25, 0.3) is 0 Å². The molecule has 1 aromatic rings. The first kappa shape index (κ1) is 17.1. The molecular weight excluding hydrogens is 300 g/mol. The molecule has 0 bridgehead atoms. The Labute approximate surface area is 123 Å². The summed E-state index contributed by atoms with van der Waals surface area (Å²) < 4.78 is 27.0. The van der Waals surface area contributed by atoms with Crippen molar-refractivity contribution in [2.45, 2.75) is 37.3 Å². The summed E-state index contributed by atoms with van der Waals surface area (Å²) in [6, 6.07) is 0. The third-order valence-corrected chi connectivity index (χ3v) is 6.02. The molecule has 0 unspecified atom stereocenters. The van der Waals surface area contributed by atoms with Gasteiger partial charge in [0.2, 0.25) is 10.0 Å². The van der Waals surface area contributed by atoms with Crippen molar-refractivity contribution < 1.29 is 18.3 Å². The van der Waals surface area contributed by atoms with Crippen molar-refractivity contribution in [1.29, 1.82) is 0 Å². The second-order valence-electron chi connectivity index (χ2n) is 5.17. The smallest absolute Gasteiger partial charge is 0.352 e. The number of sulfonamides is 1. The molecule has 20 heavy (non-hydrogen) atoms. The number of aryl methyl sites for hydroxylation is 1. The van der Waals surface area contributed by atoms with Crippen LogP contribution in [-0.4, -0.2) is 42.0 Å². The van der Waals surface area contributed by atoms with Crippen LogP contribution in [0.15, 0.2) is 4.90 Å². The monoisotopic (exact) mass is 320 g/mol. The summed E-state index contributed by atoms with van der Waals surface area (Å²) in [5.41, 5.74) is 0.464.